The van der Waals surface area contributed by atoms with Gasteiger partial charge in [0.2, 0.25) is 0 Å². The highest BCUT2D eigenvalue weighted by atomic mass is 16.5. The van der Waals surface area contributed by atoms with E-state index in [-0.39, 0.29) is 37.6 Å². The number of aliphatic hydroxyl groups is 2. The number of hydrogen-bond acceptors (Lipinski definition) is 10. The Hall–Kier alpha value is -3.75. The predicted octanol–water partition coefficient (Wildman–Crippen LogP) is -0.252. The van der Waals surface area contributed by atoms with Crippen LogP contribution in [0.5, 0.6) is 5.75 Å². The summed E-state index contributed by atoms with van der Waals surface area (Å²) in [5, 5.41) is 43.1. The molecule has 0 aliphatic carbocycles. The average Bonchev–Trinajstić information content (AvgIpc) is 3.36. The lowest BCUT2D eigenvalue weighted by molar-refractivity contribution is 0.00933. The standard InChI is InChI=1S/C8H7N3O3.C4H5N3O2.C4H10O3.CH4/c1-14-5-2-9-7-6(8(12)13)3-10-11(7)4-5;5-3-2(4(8)9)1-6-7-3;1-7-4(2-5)3-6;/h2-4H,1H3,(H,12,13);1H,(H,8,9)(H3,5,6,7);4-6H,2-3H2,1H3;1H4. The van der Waals surface area contributed by atoms with Gasteiger partial charge < -0.3 is 35.6 Å². The van der Waals surface area contributed by atoms with E-state index in [1.54, 1.807) is 6.20 Å². The summed E-state index contributed by atoms with van der Waals surface area (Å²) in [6.07, 6.45) is 5.03. The number of methoxy groups -OCH3 is 2. The Balaban J connectivity index is 0.000000462. The number of nitrogen functional groups attached to an aromatic ring is 1. The molecule has 3 aromatic heterocycles. The van der Waals surface area contributed by atoms with Crippen molar-refractivity contribution in [1.29, 1.82) is 0 Å². The first-order valence-corrected chi connectivity index (χ1v) is 8.16. The van der Waals surface area contributed by atoms with Crippen molar-refractivity contribution in [1.82, 2.24) is 24.8 Å². The fourth-order valence-corrected chi connectivity index (χ4v) is 1.79. The molecule has 0 radical (unpaired) electrons. The van der Waals surface area contributed by atoms with Crippen LogP contribution in [-0.4, -0.2) is 90.7 Å². The lowest BCUT2D eigenvalue weighted by atomic mass is 10.3. The van der Waals surface area contributed by atoms with Gasteiger partial charge in [-0.15, -0.1) is 0 Å². The molecule has 3 rings (SSSR count). The maximum absolute atomic E-state index is 10.7. The van der Waals surface area contributed by atoms with E-state index >= 15 is 0 Å². The molecule has 0 amide bonds. The number of fused-ring (bicyclic) bond motifs is 1. The lowest BCUT2D eigenvalue weighted by Crippen LogP contribution is -2.19. The van der Waals surface area contributed by atoms with E-state index in [0.29, 0.717) is 11.4 Å². The van der Waals surface area contributed by atoms with Crippen LogP contribution in [0.3, 0.4) is 0 Å². The molecular weight excluding hydrogens is 416 g/mol. The molecule has 0 bridgehead atoms. The van der Waals surface area contributed by atoms with Gasteiger partial charge in [0.25, 0.3) is 0 Å². The van der Waals surface area contributed by atoms with Crippen LogP contribution in [0, 0.1) is 0 Å². The molecule has 7 N–H and O–H groups in total. The SMILES string of the molecule is C.COC(CO)CO.COc1cnc2c(C(=O)O)cnn2c1.Nc1[nH]ncc1C(=O)O. The van der Waals surface area contributed by atoms with Crippen molar-refractivity contribution in [3.05, 3.63) is 35.9 Å². The molecule has 0 atom stereocenters. The molecule has 0 unspecified atom stereocenters. The molecule has 0 saturated carbocycles. The molecule has 172 valence electrons. The summed E-state index contributed by atoms with van der Waals surface area (Å²) in [5.41, 5.74) is 5.53. The minimum atomic E-state index is -1.07. The summed E-state index contributed by atoms with van der Waals surface area (Å²) in [6, 6.07) is 0. The zero-order chi connectivity index (χ0) is 22.7. The molecule has 0 aliphatic rings. The minimum Gasteiger partial charge on any atom is -0.494 e. The number of nitrogens with zero attached hydrogens (tertiary/aromatic N) is 4. The average molecular weight is 442 g/mol. The Kier molecular flexibility index (Phi) is 11.8. The van der Waals surface area contributed by atoms with Gasteiger partial charge in [0.1, 0.15) is 23.0 Å². The number of carbonyl (C=O) groups is 2. The van der Waals surface area contributed by atoms with E-state index < -0.39 is 18.0 Å². The molecule has 0 saturated heterocycles. The molecule has 0 fully saturated rings. The molecule has 14 nitrogen and oxygen atoms in total. The van der Waals surface area contributed by atoms with E-state index in [0.717, 1.165) is 6.20 Å². The van der Waals surface area contributed by atoms with Crippen LogP contribution < -0.4 is 10.5 Å². The van der Waals surface area contributed by atoms with E-state index in [9.17, 15) is 9.59 Å². The topological polar surface area (TPSA) is 218 Å². The Morgan fingerprint density at radius 2 is 1.74 bits per heavy atom. The monoisotopic (exact) mass is 442 g/mol. The summed E-state index contributed by atoms with van der Waals surface area (Å²) in [6.45, 7) is -0.236. The molecule has 0 aliphatic heterocycles. The number of aromatic carboxylic acids is 2. The Labute approximate surface area is 176 Å². The molecule has 3 aromatic rings. The van der Waals surface area contributed by atoms with Crippen molar-refractivity contribution >= 4 is 23.4 Å². The third kappa shape index (κ3) is 7.88. The van der Waals surface area contributed by atoms with Crippen molar-refractivity contribution in [2.45, 2.75) is 13.5 Å². The molecule has 3 heterocycles. The number of aliphatic hydroxyl groups excluding tert-OH is 2. The van der Waals surface area contributed by atoms with Gasteiger partial charge >= 0.3 is 11.9 Å². The van der Waals surface area contributed by atoms with E-state index in [1.165, 1.54) is 31.1 Å². The number of nitrogens with two attached hydrogens (primary N) is 1. The second-order valence-corrected chi connectivity index (χ2v) is 5.35. The molecule has 31 heavy (non-hydrogen) atoms. The van der Waals surface area contributed by atoms with E-state index in [4.69, 9.17) is 30.9 Å². The predicted molar refractivity (Wildman–Crippen MR) is 108 cm³/mol. The fraction of sp³-hybridized carbons (Fsp3) is 0.353. The highest BCUT2D eigenvalue weighted by molar-refractivity contribution is 5.94. The summed E-state index contributed by atoms with van der Waals surface area (Å²) in [5.74, 6) is -1.50. The maximum atomic E-state index is 10.7. The number of aromatic amines is 1. The number of hydrogen-bond donors (Lipinski definition) is 6. The largest absolute Gasteiger partial charge is 0.494 e. The number of nitrogens with one attached hydrogen (secondary N) is 1. The number of carboxylic acid groups (broad SMARTS) is 2. The Morgan fingerprint density at radius 1 is 1.13 bits per heavy atom. The van der Waals surface area contributed by atoms with Crippen LogP contribution in [0.1, 0.15) is 28.1 Å². The van der Waals surface area contributed by atoms with Gasteiger partial charge in [0, 0.05) is 7.11 Å². The van der Waals surface area contributed by atoms with Gasteiger partial charge in [-0.05, 0) is 0 Å². The summed E-state index contributed by atoms with van der Waals surface area (Å²) in [7, 11) is 2.95. The molecule has 14 heteroatoms. The van der Waals surface area contributed by atoms with Crippen LogP contribution in [0.25, 0.3) is 5.65 Å². The minimum absolute atomic E-state index is 0. The third-order valence-electron chi connectivity index (χ3n) is 3.44. The summed E-state index contributed by atoms with van der Waals surface area (Å²) >= 11 is 0. The van der Waals surface area contributed by atoms with Gasteiger partial charge in [0.05, 0.1) is 45.1 Å². The maximum Gasteiger partial charge on any atom is 0.341 e. The summed E-state index contributed by atoms with van der Waals surface area (Å²) in [4.78, 5) is 24.8. The van der Waals surface area contributed by atoms with Crippen LogP contribution in [0.15, 0.2) is 24.8 Å². The van der Waals surface area contributed by atoms with Gasteiger partial charge in [-0.3, -0.25) is 5.10 Å². The highest BCUT2D eigenvalue weighted by Crippen LogP contribution is 2.12. The van der Waals surface area contributed by atoms with E-state index in [1.807, 2.05) is 0 Å². The normalized spacial score (nSPS) is 9.71. The first-order valence-electron chi connectivity index (χ1n) is 8.16. The first-order chi connectivity index (χ1) is 14.3. The number of carboxylic acids is 2. The highest BCUT2D eigenvalue weighted by Gasteiger charge is 2.12. The smallest absolute Gasteiger partial charge is 0.341 e. The second kappa shape index (κ2) is 13.5. The Morgan fingerprint density at radius 3 is 2.10 bits per heavy atom. The van der Waals surface area contributed by atoms with Crippen molar-refractivity contribution in [3.63, 3.8) is 0 Å². The van der Waals surface area contributed by atoms with Gasteiger partial charge in [0.15, 0.2) is 11.4 Å². The van der Waals surface area contributed by atoms with Crippen molar-refractivity contribution < 1.29 is 39.5 Å². The fourth-order valence-electron chi connectivity index (χ4n) is 1.79. The van der Waals surface area contributed by atoms with Gasteiger partial charge in [-0.1, -0.05) is 7.43 Å². The van der Waals surface area contributed by atoms with Crippen LogP contribution in [-0.2, 0) is 4.74 Å². The Bertz CT molecular complexity index is 948. The second-order valence-electron chi connectivity index (χ2n) is 5.35. The van der Waals surface area contributed by atoms with Crippen molar-refractivity contribution in [3.8, 4) is 5.75 Å². The number of H-pyrrole nitrogens is 1. The number of anilines is 1. The van der Waals surface area contributed by atoms with Gasteiger partial charge in [-0.25, -0.2) is 19.1 Å². The number of rotatable bonds is 6. The third-order valence-corrected chi connectivity index (χ3v) is 3.44. The molecule has 0 spiro atoms. The van der Waals surface area contributed by atoms with Crippen LogP contribution >= 0.6 is 0 Å². The number of ether oxygens (including phenoxy) is 2. The zero-order valence-electron chi connectivity index (χ0n) is 16.1. The molecular formula is C17H26N6O8. The zero-order valence-corrected chi connectivity index (χ0v) is 16.1. The van der Waals surface area contributed by atoms with Crippen molar-refractivity contribution in [2.24, 2.45) is 0 Å². The van der Waals surface area contributed by atoms with Crippen LogP contribution in [0.2, 0.25) is 0 Å². The quantitative estimate of drug-likeness (QED) is 0.291. The van der Waals surface area contributed by atoms with Crippen molar-refractivity contribution in [2.75, 3.05) is 33.2 Å². The first kappa shape index (κ1) is 27.2. The van der Waals surface area contributed by atoms with E-state index in [2.05, 4.69) is 25.0 Å². The van der Waals surface area contributed by atoms with Gasteiger partial charge in [-0.2, -0.15) is 10.2 Å². The molecule has 0 aromatic carbocycles. The van der Waals surface area contributed by atoms with Crippen LogP contribution in [0.4, 0.5) is 5.82 Å². The number of aromatic nitrogens is 5. The summed E-state index contributed by atoms with van der Waals surface area (Å²) < 4.78 is 10.8. The lowest BCUT2D eigenvalue weighted by Gasteiger charge is -2.05.